The fourth-order valence-electron chi connectivity index (χ4n) is 2.72. The molecule has 29 heavy (non-hydrogen) atoms. The van der Waals surface area contributed by atoms with Crippen molar-refractivity contribution in [2.24, 2.45) is 5.92 Å². The van der Waals surface area contributed by atoms with Crippen LogP contribution in [0.4, 0.5) is 5.69 Å². The third-order valence-corrected chi connectivity index (χ3v) is 4.54. The zero-order chi connectivity index (χ0) is 20.6. The quantitative estimate of drug-likeness (QED) is 0.636. The average molecular weight is 396 g/mol. The molecule has 0 bridgehead atoms. The number of esters is 1. The van der Waals surface area contributed by atoms with Crippen molar-refractivity contribution in [3.8, 4) is 5.75 Å². The van der Waals surface area contributed by atoms with Gasteiger partial charge in [-0.2, -0.15) is 0 Å². The summed E-state index contributed by atoms with van der Waals surface area (Å²) in [5, 5.41) is 5.50. The summed E-state index contributed by atoms with van der Waals surface area (Å²) >= 11 is 0. The molecular formula is C22H24N2O5. The highest BCUT2D eigenvalue weighted by Crippen LogP contribution is 2.30. The summed E-state index contributed by atoms with van der Waals surface area (Å²) in [5.74, 6) is -0.164. The molecule has 152 valence electrons. The lowest BCUT2D eigenvalue weighted by atomic mass is 10.1. The molecule has 2 aromatic rings. The van der Waals surface area contributed by atoms with Gasteiger partial charge < -0.3 is 20.1 Å². The molecule has 2 aromatic carbocycles. The Morgan fingerprint density at radius 2 is 1.83 bits per heavy atom. The number of amides is 2. The third kappa shape index (κ3) is 6.34. The number of rotatable bonds is 9. The standard InChI is InChI=1S/C22H24N2O5/c1-28-19-9-5-15(6-10-19)11-12-23-20(25)14-29-22(27)17-3-2-4-18(13-17)24-21(26)16-7-8-16/h2-6,9-10,13,16H,7-8,11-12,14H2,1H3,(H,23,25)(H,24,26). The molecule has 1 aliphatic carbocycles. The number of methoxy groups -OCH3 is 1. The molecule has 2 N–H and O–H groups in total. The van der Waals surface area contributed by atoms with Crippen LogP contribution in [0.2, 0.25) is 0 Å². The van der Waals surface area contributed by atoms with E-state index in [0.717, 1.165) is 24.2 Å². The summed E-state index contributed by atoms with van der Waals surface area (Å²) in [7, 11) is 1.61. The second kappa shape index (κ2) is 9.73. The van der Waals surface area contributed by atoms with Crippen molar-refractivity contribution in [2.75, 3.05) is 25.6 Å². The Kier molecular flexibility index (Phi) is 6.84. The van der Waals surface area contributed by atoms with E-state index in [2.05, 4.69) is 10.6 Å². The average Bonchev–Trinajstić information content (AvgIpc) is 3.58. The first kappa shape index (κ1) is 20.4. The Balaban J connectivity index is 1.40. The molecule has 0 saturated heterocycles. The van der Waals surface area contributed by atoms with E-state index >= 15 is 0 Å². The Labute approximate surface area is 169 Å². The molecule has 7 heteroatoms. The van der Waals surface area contributed by atoms with Crippen molar-refractivity contribution in [2.45, 2.75) is 19.3 Å². The summed E-state index contributed by atoms with van der Waals surface area (Å²) in [5.41, 5.74) is 1.89. The summed E-state index contributed by atoms with van der Waals surface area (Å²) < 4.78 is 10.2. The molecule has 0 spiro atoms. The van der Waals surface area contributed by atoms with E-state index in [-0.39, 0.29) is 29.9 Å². The summed E-state index contributed by atoms with van der Waals surface area (Å²) in [6.45, 7) is 0.0749. The maximum absolute atomic E-state index is 12.2. The van der Waals surface area contributed by atoms with Crippen molar-refractivity contribution < 1.29 is 23.9 Å². The molecule has 3 rings (SSSR count). The lowest BCUT2D eigenvalue weighted by Gasteiger charge is -2.09. The molecule has 0 radical (unpaired) electrons. The molecule has 1 aliphatic rings. The first-order valence-electron chi connectivity index (χ1n) is 9.53. The summed E-state index contributed by atoms with van der Waals surface area (Å²) in [6.07, 6.45) is 2.47. The molecule has 1 saturated carbocycles. The van der Waals surface area contributed by atoms with Gasteiger partial charge in [0.05, 0.1) is 12.7 Å². The normalized spacial score (nSPS) is 12.7. The predicted octanol–water partition coefficient (Wildman–Crippen LogP) is 2.56. The third-order valence-electron chi connectivity index (χ3n) is 4.54. The SMILES string of the molecule is COc1ccc(CCNC(=O)COC(=O)c2cccc(NC(=O)C3CC3)c2)cc1. The number of hydrogen-bond acceptors (Lipinski definition) is 5. The Morgan fingerprint density at radius 1 is 1.07 bits per heavy atom. The van der Waals surface area contributed by atoms with E-state index < -0.39 is 5.97 Å². The molecule has 0 heterocycles. The van der Waals surface area contributed by atoms with Gasteiger partial charge in [0.2, 0.25) is 5.91 Å². The van der Waals surface area contributed by atoms with Crippen LogP contribution < -0.4 is 15.4 Å². The number of hydrogen-bond donors (Lipinski definition) is 2. The van der Waals surface area contributed by atoms with E-state index in [9.17, 15) is 14.4 Å². The van der Waals surface area contributed by atoms with Crippen LogP contribution in [0, 0.1) is 5.92 Å². The molecule has 7 nitrogen and oxygen atoms in total. The highest BCUT2D eigenvalue weighted by Gasteiger charge is 2.29. The van der Waals surface area contributed by atoms with Crippen LogP contribution in [0.3, 0.4) is 0 Å². The minimum atomic E-state index is -0.613. The minimum Gasteiger partial charge on any atom is -0.497 e. The van der Waals surface area contributed by atoms with Crippen LogP contribution in [0.1, 0.15) is 28.8 Å². The minimum absolute atomic E-state index is 0.0354. The van der Waals surface area contributed by atoms with Crippen LogP contribution >= 0.6 is 0 Å². The van der Waals surface area contributed by atoms with Crippen molar-refractivity contribution >= 4 is 23.5 Å². The topological polar surface area (TPSA) is 93.7 Å². The molecule has 0 atom stereocenters. The van der Waals surface area contributed by atoms with Gasteiger partial charge in [0.25, 0.3) is 5.91 Å². The van der Waals surface area contributed by atoms with E-state index in [4.69, 9.17) is 9.47 Å². The second-order valence-electron chi connectivity index (χ2n) is 6.87. The van der Waals surface area contributed by atoms with Gasteiger partial charge in [0, 0.05) is 18.2 Å². The van der Waals surface area contributed by atoms with E-state index in [1.165, 1.54) is 0 Å². The molecule has 0 aromatic heterocycles. The maximum Gasteiger partial charge on any atom is 0.338 e. The summed E-state index contributed by atoms with van der Waals surface area (Å²) in [6, 6.07) is 14.1. The van der Waals surface area contributed by atoms with Gasteiger partial charge >= 0.3 is 5.97 Å². The van der Waals surface area contributed by atoms with Crippen molar-refractivity contribution in [3.63, 3.8) is 0 Å². The maximum atomic E-state index is 12.2. The molecular weight excluding hydrogens is 372 g/mol. The Morgan fingerprint density at radius 3 is 2.52 bits per heavy atom. The van der Waals surface area contributed by atoms with Gasteiger partial charge in [-0.15, -0.1) is 0 Å². The number of ether oxygens (including phenoxy) is 2. The van der Waals surface area contributed by atoms with E-state index in [1.54, 1.807) is 31.4 Å². The van der Waals surface area contributed by atoms with Gasteiger partial charge in [0.15, 0.2) is 6.61 Å². The number of benzene rings is 2. The smallest absolute Gasteiger partial charge is 0.338 e. The van der Waals surface area contributed by atoms with Gasteiger partial charge in [-0.05, 0) is 55.2 Å². The Bertz CT molecular complexity index is 875. The first-order valence-corrected chi connectivity index (χ1v) is 9.53. The lowest BCUT2D eigenvalue weighted by molar-refractivity contribution is -0.124. The fourth-order valence-corrected chi connectivity index (χ4v) is 2.72. The number of carbonyl (C=O) groups excluding carboxylic acids is 3. The largest absolute Gasteiger partial charge is 0.497 e. The molecule has 0 aliphatic heterocycles. The van der Waals surface area contributed by atoms with Crippen LogP contribution in [0.5, 0.6) is 5.75 Å². The van der Waals surface area contributed by atoms with Crippen molar-refractivity contribution in [1.82, 2.24) is 5.32 Å². The predicted molar refractivity (Wildman–Crippen MR) is 108 cm³/mol. The van der Waals surface area contributed by atoms with Gasteiger partial charge in [-0.3, -0.25) is 9.59 Å². The molecule has 0 unspecified atom stereocenters. The van der Waals surface area contributed by atoms with Gasteiger partial charge in [-0.25, -0.2) is 4.79 Å². The lowest BCUT2D eigenvalue weighted by Crippen LogP contribution is -2.30. The van der Waals surface area contributed by atoms with Gasteiger partial charge in [-0.1, -0.05) is 18.2 Å². The molecule has 1 fully saturated rings. The second-order valence-corrected chi connectivity index (χ2v) is 6.87. The van der Waals surface area contributed by atoms with Crippen LogP contribution in [0.15, 0.2) is 48.5 Å². The van der Waals surface area contributed by atoms with Crippen LogP contribution in [-0.4, -0.2) is 38.0 Å². The number of carbonyl (C=O) groups is 3. The van der Waals surface area contributed by atoms with Crippen LogP contribution in [-0.2, 0) is 20.7 Å². The van der Waals surface area contributed by atoms with E-state index in [1.807, 2.05) is 24.3 Å². The van der Waals surface area contributed by atoms with E-state index in [0.29, 0.717) is 18.7 Å². The zero-order valence-electron chi connectivity index (χ0n) is 16.3. The highest BCUT2D eigenvalue weighted by molar-refractivity contribution is 5.96. The Hall–Kier alpha value is -3.35. The number of anilines is 1. The molecule has 2 amide bonds. The summed E-state index contributed by atoms with van der Waals surface area (Å²) in [4.78, 5) is 35.9. The first-order chi connectivity index (χ1) is 14.0. The van der Waals surface area contributed by atoms with Gasteiger partial charge in [0.1, 0.15) is 5.75 Å². The van der Waals surface area contributed by atoms with Crippen molar-refractivity contribution in [1.29, 1.82) is 0 Å². The monoisotopic (exact) mass is 396 g/mol. The van der Waals surface area contributed by atoms with Crippen LogP contribution in [0.25, 0.3) is 0 Å². The fraction of sp³-hybridized carbons (Fsp3) is 0.318. The highest BCUT2D eigenvalue weighted by atomic mass is 16.5. The number of nitrogens with one attached hydrogen (secondary N) is 2. The van der Waals surface area contributed by atoms with Crippen molar-refractivity contribution in [3.05, 3.63) is 59.7 Å². The zero-order valence-corrected chi connectivity index (χ0v) is 16.3.